The Morgan fingerprint density at radius 1 is 1.03 bits per heavy atom. The van der Waals surface area contributed by atoms with Gasteiger partial charge in [0, 0.05) is 28.2 Å². The first-order chi connectivity index (χ1) is 17.4. The first-order valence-corrected chi connectivity index (χ1v) is 15.1. The highest BCUT2D eigenvalue weighted by Gasteiger charge is 2.32. The molecule has 0 saturated heterocycles. The number of sulfonamides is 1. The fraction of sp³-hybridized carbons (Fsp3) is 0.481. The summed E-state index contributed by atoms with van der Waals surface area (Å²) in [6, 6.07) is 9.44. The van der Waals surface area contributed by atoms with E-state index in [0.717, 1.165) is 53.8 Å². The molecule has 2 aromatic carbocycles. The summed E-state index contributed by atoms with van der Waals surface area (Å²) < 4.78 is 26.6. The van der Waals surface area contributed by atoms with Gasteiger partial charge in [0.1, 0.15) is 12.6 Å². The molecule has 0 spiro atoms. The minimum Gasteiger partial charge on any atom is -0.352 e. The summed E-state index contributed by atoms with van der Waals surface area (Å²) in [7, 11) is -3.80. The highest BCUT2D eigenvalue weighted by molar-refractivity contribution is 7.92. The molecule has 0 aromatic heterocycles. The summed E-state index contributed by atoms with van der Waals surface area (Å²) in [5.41, 5.74) is 2.78. The minimum absolute atomic E-state index is 0.0406. The molecule has 37 heavy (non-hydrogen) atoms. The second-order valence-electron chi connectivity index (χ2n) is 9.78. The number of halogens is 2. The number of aryl methyl sites for hydroxylation is 2. The third-order valence-electron chi connectivity index (χ3n) is 6.97. The van der Waals surface area contributed by atoms with Crippen LogP contribution in [-0.2, 0) is 26.2 Å². The highest BCUT2D eigenvalue weighted by Crippen LogP contribution is 2.28. The van der Waals surface area contributed by atoms with Crippen LogP contribution in [0, 0.1) is 13.8 Å². The van der Waals surface area contributed by atoms with E-state index in [1.165, 1.54) is 4.90 Å². The van der Waals surface area contributed by atoms with Gasteiger partial charge in [0.15, 0.2) is 0 Å². The smallest absolute Gasteiger partial charge is 0.244 e. The molecule has 7 nitrogen and oxygen atoms in total. The molecule has 1 fully saturated rings. The Bertz CT molecular complexity index is 1230. The molecule has 1 aliphatic rings. The minimum atomic E-state index is -3.80. The van der Waals surface area contributed by atoms with Crippen LogP contribution < -0.4 is 9.62 Å². The molecular weight excluding hydrogens is 533 g/mol. The molecule has 10 heteroatoms. The van der Waals surface area contributed by atoms with Gasteiger partial charge in [-0.1, -0.05) is 54.6 Å². The van der Waals surface area contributed by atoms with Gasteiger partial charge in [-0.3, -0.25) is 13.9 Å². The van der Waals surface area contributed by atoms with E-state index >= 15 is 0 Å². The number of nitrogens with one attached hydrogen (secondary N) is 1. The van der Waals surface area contributed by atoms with Gasteiger partial charge in [0.2, 0.25) is 21.8 Å². The van der Waals surface area contributed by atoms with Gasteiger partial charge < -0.3 is 10.2 Å². The quantitative estimate of drug-likeness (QED) is 0.448. The van der Waals surface area contributed by atoms with Gasteiger partial charge in [-0.05, 0) is 69.0 Å². The summed E-state index contributed by atoms with van der Waals surface area (Å²) in [4.78, 5) is 28.3. The maximum atomic E-state index is 13.7. The van der Waals surface area contributed by atoms with E-state index in [-0.39, 0.29) is 18.5 Å². The SMILES string of the molecule is Cc1ccc(N(CC(=O)N(Cc2c(Cl)cccc2Cl)[C@@H](C)C(=O)NC2CCCCC2)S(C)(=O)=O)cc1C. The number of carbonyl (C=O) groups excluding carboxylic acids is 2. The Balaban J connectivity index is 1.93. The van der Waals surface area contributed by atoms with Crippen molar-refractivity contribution in [2.75, 3.05) is 17.1 Å². The average Bonchev–Trinajstić information content (AvgIpc) is 2.83. The van der Waals surface area contributed by atoms with Gasteiger partial charge in [-0.25, -0.2) is 8.42 Å². The zero-order valence-electron chi connectivity index (χ0n) is 21.8. The standard InChI is InChI=1S/C27H35Cl2N3O4S/c1-18-13-14-22(15-19(18)2)32(37(4,35)36)17-26(33)31(16-23-24(28)11-8-12-25(23)29)20(3)27(34)30-21-9-6-5-7-10-21/h8,11-15,20-21H,5-7,9-10,16-17H2,1-4H3,(H,30,34)/t20-/m0/s1. The third kappa shape index (κ3) is 7.62. The Morgan fingerprint density at radius 3 is 2.22 bits per heavy atom. The van der Waals surface area contributed by atoms with E-state index in [4.69, 9.17) is 23.2 Å². The molecule has 0 heterocycles. The molecular formula is C27H35Cl2N3O4S. The van der Waals surface area contributed by atoms with Crippen molar-refractivity contribution in [2.24, 2.45) is 0 Å². The van der Waals surface area contributed by atoms with Crippen molar-refractivity contribution in [3.8, 4) is 0 Å². The number of amides is 2. The van der Waals surface area contributed by atoms with Crippen molar-refractivity contribution in [1.82, 2.24) is 10.2 Å². The largest absolute Gasteiger partial charge is 0.352 e. The van der Waals surface area contributed by atoms with Crippen molar-refractivity contribution in [3.63, 3.8) is 0 Å². The van der Waals surface area contributed by atoms with Gasteiger partial charge in [0.25, 0.3) is 0 Å². The molecule has 202 valence electrons. The number of carbonyl (C=O) groups is 2. The van der Waals surface area contributed by atoms with Crippen LogP contribution in [0.5, 0.6) is 0 Å². The van der Waals surface area contributed by atoms with E-state index < -0.39 is 28.5 Å². The Hall–Kier alpha value is -2.29. The van der Waals surface area contributed by atoms with Crippen LogP contribution in [0.3, 0.4) is 0 Å². The summed E-state index contributed by atoms with van der Waals surface area (Å²) in [5, 5.41) is 3.79. The number of hydrogen-bond donors (Lipinski definition) is 1. The Kier molecular flexibility index (Phi) is 9.89. The lowest BCUT2D eigenvalue weighted by molar-refractivity contribution is -0.139. The molecule has 3 rings (SSSR count). The van der Waals surface area contributed by atoms with Crippen molar-refractivity contribution >= 4 is 50.7 Å². The maximum absolute atomic E-state index is 13.7. The van der Waals surface area contributed by atoms with Gasteiger partial charge in [0.05, 0.1) is 11.9 Å². The van der Waals surface area contributed by atoms with Gasteiger partial charge >= 0.3 is 0 Å². The lowest BCUT2D eigenvalue weighted by atomic mass is 9.95. The van der Waals surface area contributed by atoms with E-state index in [9.17, 15) is 18.0 Å². The maximum Gasteiger partial charge on any atom is 0.244 e. The fourth-order valence-electron chi connectivity index (χ4n) is 4.50. The normalized spacial score (nSPS) is 15.2. The number of nitrogens with zero attached hydrogens (tertiary/aromatic N) is 2. The predicted octanol–water partition coefficient (Wildman–Crippen LogP) is 5.24. The van der Waals surface area contributed by atoms with Crippen molar-refractivity contribution in [3.05, 3.63) is 63.1 Å². The van der Waals surface area contributed by atoms with E-state index in [0.29, 0.717) is 21.3 Å². The third-order valence-corrected chi connectivity index (χ3v) is 8.82. The van der Waals surface area contributed by atoms with Crippen LogP contribution in [0.25, 0.3) is 0 Å². The molecule has 0 unspecified atom stereocenters. The predicted molar refractivity (Wildman–Crippen MR) is 150 cm³/mol. The second-order valence-corrected chi connectivity index (χ2v) is 12.5. The number of rotatable bonds is 9. The molecule has 2 aromatic rings. The van der Waals surface area contributed by atoms with Crippen molar-refractivity contribution in [1.29, 1.82) is 0 Å². The van der Waals surface area contributed by atoms with Crippen molar-refractivity contribution in [2.45, 2.75) is 71.5 Å². The van der Waals surface area contributed by atoms with Crippen molar-refractivity contribution < 1.29 is 18.0 Å². The molecule has 0 aliphatic heterocycles. The molecule has 1 saturated carbocycles. The molecule has 1 aliphatic carbocycles. The number of hydrogen-bond acceptors (Lipinski definition) is 4. The van der Waals surface area contributed by atoms with Crippen LogP contribution in [0.4, 0.5) is 5.69 Å². The monoisotopic (exact) mass is 567 g/mol. The zero-order valence-corrected chi connectivity index (χ0v) is 24.1. The number of anilines is 1. The molecule has 0 bridgehead atoms. The summed E-state index contributed by atoms with van der Waals surface area (Å²) >= 11 is 12.8. The van der Waals surface area contributed by atoms with Crippen LogP contribution in [0.1, 0.15) is 55.7 Å². The summed E-state index contributed by atoms with van der Waals surface area (Å²) in [6.07, 6.45) is 6.11. The zero-order chi connectivity index (χ0) is 27.3. The Morgan fingerprint density at radius 2 is 1.65 bits per heavy atom. The molecule has 0 radical (unpaired) electrons. The summed E-state index contributed by atoms with van der Waals surface area (Å²) in [6.45, 7) is 4.94. The lowest BCUT2D eigenvalue weighted by Gasteiger charge is -2.33. The van der Waals surface area contributed by atoms with Crippen LogP contribution >= 0.6 is 23.2 Å². The van der Waals surface area contributed by atoms with Gasteiger partial charge in [-0.2, -0.15) is 0 Å². The van der Waals surface area contributed by atoms with Crippen LogP contribution in [0.15, 0.2) is 36.4 Å². The highest BCUT2D eigenvalue weighted by atomic mass is 35.5. The Labute approximate surface area is 230 Å². The summed E-state index contributed by atoms with van der Waals surface area (Å²) in [5.74, 6) is -0.827. The van der Waals surface area contributed by atoms with E-state index in [1.54, 1.807) is 37.3 Å². The lowest BCUT2D eigenvalue weighted by Crippen LogP contribution is -2.53. The number of benzene rings is 2. The van der Waals surface area contributed by atoms with Crippen LogP contribution in [0.2, 0.25) is 10.0 Å². The van der Waals surface area contributed by atoms with Gasteiger partial charge in [-0.15, -0.1) is 0 Å². The van der Waals surface area contributed by atoms with E-state index in [2.05, 4.69) is 5.32 Å². The first-order valence-electron chi connectivity index (χ1n) is 12.5. The van der Waals surface area contributed by atoms with E-state index in [1.807, 2.05) is 19.9 Å². The molecule has 1 N–H and O–H groups in total. The van der Waals surface area contributed by atoms with Crippen LogP contribution in [-0.4, -0.2) is 50.0 Å². The first kappa shape index (κ1) is 29.3. The topological polar surface area (TPSA) is 86.8 Å². The molecule has 2 amide bonds. The fourth-order valence-corrected chi connectivity index (χ4v) is 5.86. The second kappa shape index (κ2) is 12.5. The average molecular weight is 569 g/mol. The molecule has 1 atom stereocenters.